The van der Waals surface area contributed by atoms with E-state index < -0.39 is 35.2 Å². The Morgan fingerprint density at radius 2 is 2.11 bits per heavy atom. The molecule has 1 heterocycles. The Kier molecular flexibility index (Phi) is 3.25. The normalized spacial score (nSPS) is 22.7. The van der Waals surface area contributed by atoms with Crippen molar-refractivity contribution in [2.24, 2.45) is 10.2 Å². The van der Waals surface area contributed by atoms with Gasteiger partial charge in [-0.2, -0.15) is 23.4 Å². The number of hydrogen-bond donors (Lipinski definition) is 1. The van der Waals surface area contributed by atoms with Crippen molar-refractivity contribution in [3.63, 3.8) is 0 Å². The number of alkyl halides is 3. The third-order valence-electron chi connectivity index (χ3n) is 2.96. The molecule has 0 aliphatic carbocycles. The number of carboxylic acid groups (broad SMARTS) is 1. The van der Waals surface area contributed by atoms with Crippen LogP contribution in [0.25, 0.3) is 0 Å². The number of benzene rings is 1. The molecular formula is C11H8ClF3N2O2. The van der Waals surface area contributed by atoms with Gasteiger partial charge in [0, 0.05) is 12.0 Å². The summed E-state index contributed by atoms with van der Waals surface area (Å²) in [6.07, 6.45) is -5.15. The van der Waals surface area contributed by atoms with Gasteiger partial charge in [-0.3, -0.25) is 0 Å². The van der Waals surface area contributed by atoms with Crippen molar-refractivity contribution in [3.8, 4) is 0 Å². The minimum Gasteiger partial charge on any atom is -0.478 e. The van der Waals surface area contributed by atoms with Gasteiger partial charge in [0.25, 0.3) is 0 Å². The minimum atomic E-state index is -4.73. The van der Waals surface area contributed by atoms with Gasteiger partial charge in [0.15, 0.2) is 0 Å². The molecule has 0 spiro atoms. The summed E-state index contributed by atoms with van der Waals surface area (Å²) in [5, 5.41) is 15.5. The molecule has 4 nitrogen and oxygen atoms in total. The fourth-order valence-electron chi connectivity index (χ4n) is 2.06. The van der Waals surface area contributed by atoms with E-state index in [1.807, 2.05) is 0 Å². The molecule has 1 aromatic rings. The lowest BCUT2D eigenvalue weighted by atomic mass is 9.84. The summed E-state index contributed by atoms with van der Waals surface area (Å²) in [7, 11) is 0. The van der Waals surface area contributed by atoms with E-state index in [0.717, 1.165) is 6.07 Å². The Bertz CT molecular complexity index is 559. The number of azo groups is 1. The summed E-state index contributed by atoms with van der Waals surface area (Å²) in [4.78, 5) is 11.1. The van der Waals surface area contributed by atoms with Gasteiger partial charge in [-0.25, -0.2) is 4.79 Å². The van der Waals surface area contributed by atoms with Crippen molar-refractivity contribution in [2.45, 2.75) is 18.1 Å². The Morgan fingerprint density at radius 1 is 1.42 bits per heavy atom. The van der Waals surface area contributed by atoms with Gasteiger partial charge in [-0.1, -0.05) is 23.7 Å². The summed E-state index contributed by atoms with van der Waals surface area (Å²) < 4.78 is 39.9. The summed E-state index contributed by atoms with van der Waals surface area (Å²) in [5.74, 6) is -1.52. The van der Waals surface area contributed by atoms with E-state index in [0.29, 0.717) is 0 Å². The maximum atomic E-state index is 13.3. The van der Waals surface area contributed by atoms with Crippen LogP contribution in [0.5, 0.6) is 0 Å². The van der Waals surface area contributed by atoms with Crippen molar-refractivity contribution in [1.29, 1.82) is 0 Å². The zero-order valence-corrected chi connectivity index (χ0v) is 10.2. The first-order chi connectivity index (χ1) is 8.79. The SMILES string of the molecule is O=C(O)c1c(Cl)cccc1C1(C(F)(F)F)CCN=N1. The van der Waals surface area contributed by atoms with Crippen LogP contribution in [0.3, 0.4) is 0 Å². The number of nitrogens with zero attached hydrogens (tertiary/aromatic N) is 2. The van der Waals surface area contributed by atoms with E-state index in [1.165, 1.54) is 12.1 Å². The molecule has 2 rings (SSSR count). The first-order valence-corrected chi connectivity index (χ1v) is 5.65. The number of rotatable bonds is 2. The molecule has 0 aromatic heterocycles. The molecule has 1 unspecified atom stereocenters. The number of halogens is 4. The molecule has 0 bridgehead atoms. The third-order valence-corrected chi connectivity index (χ3v) is 3.27. The highest BCUT2D eigenvalue weighted by atomic mass is 35.5. The van der Waals surface area contributed by atoms with Crippen molar-refractivity contribution in [3.05, 3.63) is 34.3 Å². The molecule has 0 saturated heterocycles. The van der Waals surface area contributed by atoms with Crippen molar-refractivity contribution >= 4 is 17.6 Å². The van der Waals surface area contributed by atoms with Gasteiger partial charge in [0.1, 0.15) is 0 Å². The summed E-state index contributed by atoms with van der Waals surface area (Å²) in [6.45, 7) is -0.106. The molecule has 8 heteroatoms. The summed E-state index contributed by atoms with van der Waals surface area (Å²) >= 11 is 5.69. The second-order valence-electron chi connectivity index (χ2n) is 4.04. The highest BCUT2D eigenvalue weighted by molar-refractivity contribution is 6.33. The molecule has 0 amide bonds. The third kappa shape index (κ3) is 2.07. The van der Waals surface area contributed by atoms with Crippen LogP contribution in [0.2, 0.25) is 5.02 Å². The molecular weight excluding hydrogens is 285 g/mol. The largest absolute Gasteiger partial charge is 0.478 e. The molecule has 1 aromatic carbocycles. The highest BCUT2D eigenvalue weighted by Crippen LogP contribution is 2.49. The average molecular weight is 293 g/mol. The molecule has 19 heavy (non-hydrogen) atoms. The molecule has 1 aliphatic rings. The predicted octanol–water partition coefficient (Wildman–Crippen LogP) is 3.65. The number of carbonyl (C=O) groups is 1. The smallest absolute Gasteiger partial charge is 0.419 e. The Morgan fingerprint density at radius 3 is 2.58 bits per heavy atom. The van der Waals surface area contributed by atoms with Gasteiger partial charge in [-0.05, 0) is 6.07 Å². The fourth-order valence-corrected chi connectivity index (χ4v) is 2.31. The second-order valence-corrected chi connectivity index (χ2v) is 4.45. The number of carboxylic acids is 1. The van der Waals surface area contributed by atoms with E-state index in [4.69, 9.17) is 16.7 Å². The molecule has 1 atom stereocenters. The van der Waals surface area contributed by atoms with E-state index in [9.17, 15) is 18.0 Å². The first-order valence-electron chi connectivity index (χ1n) is 5.27. The lowest BCUT2D eigenvalue weighted by Gasteiger charge is -2.29. The van der Waals surface area contributed by atoms with Crippen LogP contribution in [-0.2, 0) is 5.54 Å². The van der Waals surface area contributed by atoms with E-state index >= 15 is 0 Å². The van der Waals surface area contributed by atoms with Crippen LogP contribution in [0, 0.1) is 0 Å². The van der Waals surface area contributed by atoms with Crippen LogP contribution in [-0.4, -0.2) is 23.8 Å². The molecule has 0 radical (unpaired) electrons. The molecule has 0 saturated carbocycles. The van der Waals surface area contributed by atoms with Crippen LogP contribution in [0.4, 0.5) is 13.2 Å². The maximum absolute atomic E-state index is 13.3. The van der Waals surface area contributed by atoms with Crippen LogP contribution in [0.1, 0.15) is 22.3 Å². The predicted molar refractivity (Wildman–Crippen MR) is 60.5 cm³/mol. The zero-order valence-electron chi connectivity index (χ0n) is 9.41. The topological polar surface area (TPSA) is 62.0 Å². The van der Waals surface area contributed by atoms with Gasteiger partial charge >= 0.3 is 12.1 Å². The molecule has 102 valence electrons. The quantitative estimate of drug-likeness (QED) is 0.904. The van der Waals surface area contributed by atoms with E-state index in [1.54, 1.807) is 0 Å². The van der Waals surface area contributed by atoms with Gasteiger partial charge < -0.3 is 5.11 Å². The van der Waals surface area contributed by atoms with Crippen LogP contribution in [0.15, 0.2) is 28.4 Å². The molecule has 1 N–H and O–H groups in total. The van der Waals surface area contributed by atoms with Gasteiger partial charge in [0.05, 0.1) is 17.1 Å². The summed E-state index contributed by atoms with van der Waals surface area (Å²) in [5.41, 5.74) is -3.67. The molecule has 0 fully saturated rings. The van der Waals surface area contributed by atoms with Crippen molar-refractivity contribution in [1.82, 2.24) is 0 Å². The minimum absolute atomic E-state index is 0.106. The van der Waals surface area contributed by atoms with Crippen molar-refractivity contribution < 1.29 is 23.1 Å². The fraction of sp³-hybridized carbons (Fsp3) is 0.364. The monoisotopic (exact) mass is 292 g/mol. The first kappa shape index (κ1) is 13.8. The standard InChI is InChI=1S/C11H8ClF3N2O2/c12-7-3-1-2-6(8(7)9(18)19)10(11(13,14)15)4-5-16-17-10/h1-3H,4-5H2,(H,18,19). The van der Waals surface area contributed by atoms with Gasteiger partial charge in [-0.15, -0.1) is 0 Å². The number of aromatic carboxylic acids is 1. The average Bonchev–Trinajstić information content (AvgIpc) is 2.77. The van der Waals surface area contributed by atoms with Gasteiger partial charge in [0.2, 0.25) is 5.54 Å². The zero-order chi connectivity index (χ0) is 14.3. The Balaban J connectivity index is 2.73. The van der Waals surface area contributed by atoms with E-state index in [-0.39, 0.29) is 11.6 Å². The number of hydrogen-bond acceptors (Lipinski definition) is 3. The lowest BCUT2D eigenvalue weighted by molar-refractivity contribution is -0.188. The van der Waals surface area contributed by atoms with Crippen LogP contribution < -0.4 is 0 Å². The Labute approximate surface area is 110 Å². The maximum Gasteiger partial charge on any atom is 0.419 e. The molecule has 1 aliphatic heterocycles. The van der Waals surface area contributed by atoms with E-state index in [2.05, 4.69) is 10.2 Å². The second kappa shape index (κ2) is 4.48. The lowest BCUT2D eigenvalue weighted by Crippen LogP contribution is -2.40. The van der Waals surface area contributed by atoms with Crippen molar-refractivity contribution in [2.75, 3.05) is 6.54 Å². The highest BCUT2D eigenvalue weighted by Gasteiger charge is 2.59. The summed E-state index contributed by atoms with van der Waals surface area (Å²) in [6, 6.07) is 3.57. The Hall–Kier alpha value is -1.63. The van der Waals surface area contributed by atoms with Crippen LogP contribution >= 0.6 is 11.6 Å².